The minimum absolute atomic E-state index is 0.0370. The Bertz CT molecular complexity index is 146. The first-order chi connectivity index (χ1) is 5.83. The fourth-order valence-electron chi connectivity index (χ4n) is 1.23. The Morgan fingerprint density at radius 1 is 1.58 bits per heavy atom. The van der Waals surface area contributed by atoms with E-state index in [1.54, 1.807) is 0 Å². The maximum Gasteiger partial charge on any atom is 0.314 e. The summed E-state index contributed by atoms with van der Waals surface area (Å²) in [6.45, 7) is 3.43. The predicted octanol–water partition coefficient (Wildman–Crippen LogP) is 1.20. The third-order valence-electron chi connectivity index (χ3n) is 1.85. The van der Waals surface area contributed by atoms with E-state index in [-0.39, 0.29) is 6.03 Å². The van der Waals surface area contributed by atoms with Gasteiger partial charge in [0.25, 0.3) is 0 Å². The molecule has 70 valence electrons. The van der Waals surface area contributed by atoms with Crippen LogP contribution < -0.4 is 10.6 Å². The Balaban J connectivity index is 2.03. The molecule has 0 aliphatic carbocycles. The molecular weight excluding hydrogens is 172 g/mol. The number of amides is 2. The van der Waals surface area contributed by atoms with Crippen LogP contribution in [0, 0.1) is 0 Å². The summed E-state index contributed by atoms with van der Waals surface area (Å²) in [5.41, 5.74) is 0. The lowest BCUT2D eigenvalue weighted by Crippen LogP contribution is -2.38. The first-order valence-corrected chi connectivity index (χ1v) is 5.51. The fraction of sp³-hybridized carbons (Fsp3) is 0.875. The third-order valence-corrected chi connectivity index (χ3v) is 3.25. The molecule has 0 aromatic carbocycles. The summed E-state index contributed by atoms with van der Waals surface area (Å²) in [5.74, 6) is 1.25. The van der Waals surface area contributed by atoms with E-state index < -0.39 is 0 Å². The molecule has 0 aromatic heterocycles. The second kappa shape index (κ2) is 5.30. The lowest BCUT2D eigenvalue weighted by Gasteiger charge is -2.09. The van der Waals surface area contributed by atoms with E-state index in [1.807, 2.05) is 18.7 Å². The average Bonchev–Trinajstić information content (AvgIpc) is 2.53. The summed E-state index contributed by atoms with van der Waals surface area (Å²) < 4.78 is 0. The van der Waals surface area contributed by atoms with Crippen LogP contribution in [-0.4, -0.2) is 30.1 Å². The highest BCUT2D eigenvalue weighted by Crippen LogP contribution is 2.24. The van der Waals surface area contributed by atoms with Crippen molar-refractivity contribution < 1.29 is 4.79 Å². The van der Waals surface area contributed by atoms with Crippen molar-refractivity contribution in [2.45, 2.75) is 25.0 Å². The average molecular weight is 188 g/mol. The van der Waals surface area contributed by atoms with Gasteiger partial charge in [-0.25, -0.2) is 4.79 Å². The molecule has 0 saturated carbocycles. The number of nitrogens with one attached hydrogen (secondary N) is 2. The smallest absolute Gasteiger partial charge is 0.314 e. The Labute approximate surface area is 77.7 Å². The zero-order valence-electron chi connectivity index (χ0n) is 7.43. The predicted molar refractivity (Wildman–Crippen MR) is 52.6 cm³/mol. The van der Waals surface area contributed by atoms with Crippen LogP contribution in [0.25, 0.3) is 0 Å². The van der Waals surface area contributed by atoms with Gasteiger partial charge in [0.2, 0.25) is 0 Å². The lowest BCUT2D eigenvalue weighted by atomic mass is 10.2. The van der Waals surface area contributed by atoms with Gasteiger partial charge in [-0.2, -0.15) is 11.8 Å². The normalized spacial score (nSPS) is 22.2. The molecule has 2 amide bonds. The van der Waals surface area contributed by atoms with E-state index in [0.29, 0.717) is 11.8 Å². The maximum absolute atomic E-state index is 11.0. The molecule has 1 rings (SSSR count). The molecule has 1 saturated heterocycles. The van der Waals surface area contributed by atoms with Crippen molar-refractivity contribution in [1.82, 2.24) is 10.6 Å². The number of carbonyl (C=O) groups excluding carboxylic acids is 1. The van der Waals surface area contributed by atoms with Gasteiger partial charge in [0.05, 0.1) is 0 Å². The van der Waals surface area contributed by atoms with E-state index in [1.165, 1.54) is 18.6 Å². The minimum Gasteiger partial charge on any atom is -0.338 e. The van der Waals surface area contributed by atoms with Gasteiger partial charge in [-0.15, -0.1) is 0 Å². The van der Waals surface area contributed by atoms with Crippen molar-refractivity contribution in [1.29, 1.82) is 0 Å². The van der Waals surface area contributed by atoms with Gasteiger partial charge in [0, 0.05) is 18.3 Å². The first kappa shape index (κ1) is 9.71. The molecule has 0 aromatic rings. The Kier molecular flexibility index (Phi) is 4.29. The maximum atomic E-state index is 11.0. The number of hydrogen-bond acceptors (Lipinski definition) is 2. The van der Waals surface area contributed by atoms with Crippen LogP contribution in [0.2, 0.25) is 0 Å². The standard InChI is InChI=1S/C8H16N2OS/c1-2-9-8(11)10-6-7-4-3-5-12-7/h7H,2-6H2,1H3,(H2,9,10,11). The molecule has 1 fully saturated rings. The molecular formula is C8H16N2OS. The highest BCUT2D eigenvalue weighted by molar-refractivity contribution is 8.00. The fourth-order valence-corrected chi connectivity index (χ4v) is 2.44. The molecule has 12 heavy (non-hydrogen) atoms. The van der Waals surface area contributed by atoms with Gasteiger partial charge in [-0.3, -0.25) is 0 Å². The molecule has 2 N–H and O–H groups in total. The van der Waals surface area contributed by atoms with Crippen LogP contribution in [0.3, 0.4) is 0 Å². The largest absolute Gasteiger partial charge is 0.338 e. The number of rotatable bonds is 3. The van der Waals surface area contributed by atoms with Crippen LogP contribution >= 0.6 is 11.8 Å². The highest BCUT2D eigenvalue weighted by Gasteiger charge is 2.15. The molecule has 0 radical (unpaired) electrons. The highest BCUT2D eigenvalue weighted by atomic mass is 32.2. The minimum atomic E-state index is -0.0370. The molecule has 1 unspecified atom stereocenters. The molecule has 1 aliphatic heterocycles. The lowest BCUT2D eigenvalue weighted by molar-refractivity contribution is 0.241. The quantitative estimate of drug-likeness (QED) is 0.699. The SMILES string of the molecule is CCNC(=O)NCC1CCCS1. The first-order valence-electron chi connectivity index (χ1n) is 4.46. The van der Waals surface area contributed by atoms with E-state index in [2.05, 4.69) is 10.6 Å². The van der Waals surface area contributed by atoms with Crippen LogP contribution in [0.5, 0.6) is 0 Å². The van der Waals surface area contributed by atoms with Crippen LogP contribution in [-0.2, 0) is 0 Å². The molecule has 1 heterocycles. The number of urea groups is 1. The van der Waals surface area contributed by atoms with Crippen LogP contribution in [0.4, 0.5) is 4.79 Å². The van der Waals surface area contributed by atoms with Gasteiger partial charge in [-0.1, -0.05) is 0 Å². The van der Waals surface area contributed by atoms with Gasteiger partial charge in [-0.05, 0) is 25.5 Å². The summed E-state index contributed by atoms with van der Waals surface area (Å²) >= 11 is 1.96. The van der Waals surface area contributed by atoms with Gasteiger partial charge in [0.15, 0.2) is 0 Å². The van der Waals surface area contributed by atoms with Crippen molar-refractivity contribution in [3.8, 4) is 0 Å². The summed E-state index contributed by atoms with van der Waals surface area (Å²) in [6, 6.07) is -0.0370. The van der Waals surface area contributed by atoms with Crippen molar-refractivity contribution in [3.63, 3.8) is 0 Å². The zero-order valence-corrected chi connectivity index (χ0v) is 8.25. The van der Waals surface area contributed by atoms with Crippen molar-refractivity contribution in [3.05, 3.63) is 0 Å². The molecule has 0 spiro atoms. The van der Waals surface area contributed by atoms with Crippen molar-refractivity contribution >= 4 is 17.8 Å². The second-order valence-electron chi connectivity index (χ2n) is 2.88. The van der Waals surface area contributed by atoms with Crippen molar-refractivity contribution in [2.24, 2.45) is 0 Å². The van der Waals surface area contributed by atoms with Crippen LogP contribution in [0.15, 0.2) is 0 Å². The van der Waals surface area contributed by atoms with E-state index in [0.717, 1.165) is 6.54 Å². The zero-order chi connectivity index (χ0) is 8.81. The Hall–Kier alpha value is -0.380. The second-order valence-corrected chi connectivity index (χ2v) is 4.28. The molecule has 4 heteroatoms. The molecule has 1 aliphatic rings. The Morgan fingerprint density at radius 2 is 2.42 bits per heavy atom. The molecule has 0 bridgehead atoms. The number of hydrogen-bond donors (Lipinski definition) is 2. The van der Waals surface area contributed by atoms with Crippen LogP contribution in [0.1, 0.15) is 19.8 Å². The van der Waals surface area contributed by atoms with Gasteiger partial charge in [0.1, 0.15) is 0 Å². The van der Waals surface area contributed by atoms with E-state index >= 15 is 0 Å². The summed E-state index contributed by atoms with van der Waals surface area (Å²) in [7, 11) is 0. The summed E-state index contributed by atoms with van der Waals surface area (Å²) in [4.78, 5) is 11.0. The summed E-state index contributed by atoms with van der Waals surface area (Å²) in [5, 5.41) is 6.21. The van der Waals surface area contributed by atoms with E-state index in [4.69, 9.17) is 0 Å². The van der Waals surface area contributed by atoms with Crippen molar-refractivity contribution in [2.75, 3.05) is 18.8 Å². The van der Waals surface area contributed by atoms with Gasteiger partial charge < -0.3 is 10.6 Å². The molecule has 3 nitrogen and oxygen atoms in total. The summed E-state index contributed by atoms with van der Waals surface area (Å²) in [6.07, 6.45) is 2.55. The topological polar surface area (TPSA) is 41.1 Å². The van der Waals surface area contributed by atoms with E-state index in [9.17, 15) is 4.79 Å². The monoisotopic (exact) mass is 188 g/mol. The number of thioether (sulfide) groups is 1. The Morgan fingerprint density at radius 3 is 3.00 bits per heavy atom. The third kappa shape index (κ3) is 3.34. The van der Waals surface area contributed by atoms with Gasteiger partial charge >= 0.3 is 6.03 Å². The molecule has 1 atom stereocenters. The number of carbonyl (C=O) groups is 1.